The Bertz CT molecular complexity index is 879. The van der Waals surface area contributed by atoms with Crippen LogP contribution in [0.4, 0.5) is 5.69 Å². The standard InChI is InChI=1S/C20H16Cl2N2O/c21-16-8-10-18(11-9-16)24-20(25)19-15(4-2-12-23-19)7-6-14-3-1-5-17(22)13-14/h1-5,8-13H,6-7H2,(H,24,25). The molecule has 0 aliphatic rings. The van der Waals surface area contributed by atoms with Crippen LogP contribution < -0.4 is 5.32 Å². The van der Waals surface area contributed by atoms with Gasteiger partial charge in [0, 0.05) is 21.9 Å². The molecule has 0 atom stereocenters. The summed E-state index contributed by atoms with van der Waals surface area (Å²) in [6.45, 7) is 0. The molecule has 1 aromatic heterocycles. The molecule has 0 aliphatic carbocycles. The number of hydrogen-bond donors (Lipinski definition) is 1. The van der Waals surface area contributed by atoms with E-state index in [4.69, 9.17) is 23.2 Å². The number of rotatable bonds is 5. The third-order valence-electron chi connectivity index (χ3n) is 3.78. The van der Waals surface area contributed by atoms with Gasteiger partial charge in [0.25, 0.3) is 5.91 Å². The zero-order chi connectivity index (χ0) is 17.6. The number of carbonyl (C=O) groups excluding carboxylic acids is 1. The average molecular weight is 371 g/mol. The van der Waals surface area contributed by atoms with Crippen molar-refractivity contribution in [1.82, 2.24) is 4.98 Å². The Morgan fingerprint density at radius 1 is 0.920 bits per heavy atom. The van der Waals surface area contributed by atoms with E-state index in [1.54, 1.807) is 30.5 Å². The molecule has 3 rings (SSSR count). The zero-order valence-electron chi connectivity index (χ0n) is 13.4. The molecule has 0 aliphatic heterocycles. The number of aromatic nitrogens is 1. The second kappa shape index (κ2) is 8.15. The van der Waals surface area contributed by atoms with Crippen LogP contribution in [0.3, 0.4) is 0 Å². The van der Waals surface area contributed by atoms with Gasteiger partial charge in [0.05, 0.1) is 0 Å². The summed E-state index contributed by atoms with van der Waals surface area (Å²) in [7, 11) is 0. The summed E-state index contributed by atoms with van der Waals surface area (Å²) >= 11 is 11.9. The lowest BCUT2D eigenvalue weighted by Crippen LogP contribution is -2.16. The molecule has 0 bridgehead atoms. The van der Waals surface area contributed by atoms with Crippen LogP contribution in [-0.4, -0.2) is 10.9 Å². The average Bonchev–Trinajstić information content (AvgIpc) is 2.62. The Labute approximate surface area is 156 Å². The molecule has 0 spiro atoms. The number of aryl methyl sites for hydroxylation is 2. The van der Waals surface area contributed by atoms with Crippen molar-refractivity contribution < 1.29 is 4.79 Å². The summed E-state index contributed by atoms with van der Waals surface area (Å²) in [4.78, 5) is 16.8. The first kappa shape index (κ1) is 17.5. The fourth-order valence-corrected chi connectivity index (χ4v) is 2.88. The molecule has 0 fully saturated rings. The van der Waals surface area contributed by atoms with Crippen LogP contribution in [-0.2, 0) is 12.8 Å². The smallest absolute Gasteiger partial charge is 0.274 e. The maximum Gasteiger partial charge on any atom is 0.274 e. The van der Waals surface area contributed by atoms with Gasteiger partial charge in [0.2, 0.25) is 0 Å². The number of hydrogen-bond acceptors (Lipinski definition) is 2. The van der Waals surface area contributed by atoms with Gasteiger partial charge in [-0.3, -0.25) is 9.78 Å². The van der Waals surface area contributed by atoms with Crippen LogP contribution in [0.5, 0.6) is 0 Å². The minimum Gasteiger partial charge on any atom is -0.321 e. The van der Waals surface area contributed by atoms with Crippen molar-refractivity contribution in [3.63, 3.8) is 0 Å². The quantitative estimate of drug-likeness (QED) is 0.650. The second-order valence-electron chi connectivity index (χ2n) is 5.60. The second-order valence-corrected chi connectivity index (χ2v) is 6.47. The maximum atomic E-state index is 12.6. The summed E-state index contributed by atoms with van der Waals surface area (Å²) in [6.07, 6.45) is 3.12. The largest absolute Gasteiger partial charge is 0.321 e. The molecule has 0 saturated carbocycles. The van der Waals surface area contributed by atoms with E-state index in [-0.39, 0.29) is 5.91 Å². The first-order valence-electron chi connectivity index (χ1n) is 7.87. The van der Waals surface area contributed by atoms with Crippen LogP contribution in [0.2, 0.25) is 10.0 Å². The predicted octanol–water partition coefficient (Wildman–Crippen LogP) is 5.43. The number of pyridine rings is 1. The normalized spacial score (nSPS) is 10.5. The van der Waals surface area contributed by atoms with Crippen molar-refractivity contribution in [3.05, 3.63) is 93.7 Å². The Kier molecular flexibility index (Phi) is 5.69. The number of anilines is 1. The Morgan fingerprint density at radius 3 is 2.48 bits per heavy atom. The van der Waals surface area contributed by atoms with E-state index in [0.717, 1.165) is 17.5 Å². The monoisotopic (exact) mass is 370 g/mol. The Balaban J connectivity index is 1.73. The molecule has 126 valence electrons. The van der Waals surface area contributed by atoms with Crippen molar-refractivity contribution in [1.29, 1.82) is 0 Å². The molecular formula is C20H16Cl2N2O. The van der Waals surface area contributed by atoms with Gasteiger partial charge in [-0.1, -0.05) is 41.4 Å². The highest BCUT2D eigenvalue weighted by Crippen LogP contribution is 2.17. The predicted molar refractivity (Wildman–Crippen MR) is 103 cm³/mol. The lowest BCUT2D eigenvalue weighted by atomic mass is 10.0. The lowest BCUT2D eigenvalue weighted by Gasteiger charge is -2.10. The fourth-order valence-electron chi connectivity index (χ4n) is 2.54. The van der Waals surface area contributed by atoms with E-state index in [0.29, 0.717) is 27.8 Å². The molecule has 25 heavy (non-hydrogen) atoms. The summed E-state index contributed by atoms with van der Waals surface area (Å²) < 4.78 is 0. The van der Waals surface area contributed by atoms with Gasteiger partial charge in [-0.15, -0.1) is 0 Å². The van der Waals surface area contributed by atoms with Gasteiger partial charge in [0.15, 0.2) is 0 Å². The van der Waals surface area contributed by atoms with Crippen LogP contribution in [0, 0.1) is 0 Å². The first-order valence-corrected chi connectivity index (χ1v) is 8.63. The molecule has 0 radical (unpaired) electrons. The summed E-state index contributed by atoms with van der Waals surface area (Å²) in [5.41, 5.74) is 3.13. The molecule has 1 amide bonds. The topological polar surface area (TPSA) is 42.0 Å². The molecule has 1 heterocycles. The van der Waals surface area contributed by atoms with E-state index in [1.165, 1.54) is 0 Å². The highest BCUT2D eigenvalue weighted by Gasteiger charge is 2.13. The van der Waals surface area contributed by atoms with Crippen molar-refractivity contribution >= 4 is 34.8 Å². The molecule has 0 saturated heterocycles. The minimum absolute atomic E-state index is 0.232. The lowest BCUT2D eigenvalue weighted by molar-refractivity contribution is 0.102. The fraction of sp³-hybridized carbons (Fsp3) is 0.100. The Morgan fingerprint density at radius 2 is 1.72 bits per heavy atom. The van der Waals surface area contributed by atoms with Crippen LogP contribution >= 0.6 is 23.2 Å². The maximum absolute atomic E-state index is 12.6. The third-order valence-corrected chi connectivity index (χ3v) is 4.27. The van der Waals surface area contributed by atoms with Crippen molar-refractivity contribution in [3.8, 4) is 0 Å². The third kappa shape index (κ3) is 4.81. The van der Waals surface area contributed by atoms with Gasteiger partial charge in [0.1, 0.15) is 5.69 Å². The van der Waals surface area contributed by atoms with Crippen molar-refractivity contribution in [2.75, 3.05) is 5.32 Å². The van der Waals surface area contributed by atoms with Crippen molar-refractivity contribution in [2.45, 2.75) is 12.8 Å². The van der Waals surface area contributed by atoms with Gasteiger partial charge in [-0.25, -0.2) is 0 Å². The number of amides is 1. The van der Waals surface area contributed by atoms with Crippen molar-refractivity contribution in [2.24, 2.45) is 0 Å². The molecule has 2 aromatic carbocycles. The van der Waals surface area contributed by atoms with Crippen LogP contribution in [0.1, 0.15) is 21.6 Å². The van der Waals surface area contributed by atoms with Crippen LogP contribution in [0.25, 0.3) is 0 Å². The molecule has 0 unspecified atom stereocenters. The van der Waals surface area contributed by atoms with Gasteiger partial charge >= 0.3 is 0 Å². The number of nitrogens with zero attached hydrogens (tertiary/aromatic N) is 1. The number of halogens is 2. The number of carbonyl (C=O) groups is 1. The number of benzene rings is 2. The molecule has 5 heteroatoms. The van der Waals surface area contributed by atoms with E-state index < -0.39 is 0 Å². The highest BCUT2D eigenvalue weighted by atomic mass is 35.5. The molecular weight excluding hydrogens is 355 g/mol. The van der Waals surface area contributed by atoms with Gasteiger partial charge < -0.3 is 5.32 Å². The van der Waals surface area contributed by atoms with Crippen LogP contribution in [0.15, 0.2) is 66.9 Å². The molecule has 3 nitrogen and oxygen atoms in total. The summed E-state index contributed by atoms with van der Waals surface area (Å²) in [6, 6.07) is 18.5. The summed E-state index contributed by atoms with van der Waals surface area (Å²) in [5.74, 6) is -0.232. The molecule has 3 aromatic rings. The van der Waals surface area contributed by atoms with E-state index in [9.17, 15) is 4.79 Å². The SMILES string of the molecule is O=C(Nc1ccc(Cl)cc1)c1ncccc1CCc1cccc(Cl)c1. The number of nitrogens with one attached hydrogen (secondary N) is 1. The highest BCUT2D eigenvalue weighted by molar-refractivity contribution is 6.30. The Hall–Kier alpha value is -2.36. The van der Waals surface area contributed by atoms with E-state index in [1.807, 2.05) is 36.4 Å². The van der Waals surface area contributed by atoms with Gasteiger partial charge in [-0.2, -0.15) is 0 Å². The first-order chi connectivity index (χ1) is 12.1. The van der Waals surface area contributed by atoms with Gasteiger partial charge in [-0.05, 0) is 66.4 Å². The summed E-state index contributed by atoms with van der Waals surface area (Å²) in [5, 5.41) is 4.19. The van der Waals surface area contributed by atoms with E-state index in [2.05, 4.69) is 10.3 Å². The minimum atomic E-state index is -0.232. The zero-order valence-corrected chi connectivity index (χ0v) is 14.9. The molecule has 1 N–H and O–H groups in total. The van der Waals surface area contributed by atoms with E-state index >= 15 is 0 Å².